The van der Waals surface area contributed by atoms with E-state index in [2.05, 4.69) is 25.2 Å². The van der Waals surface area contributed by atoms with Crippen molar-refractivity contribution < 1.29 is 9.47 Å². The molecular formula is C13H19NO2. The second-order valence-electron chi connectivity index (χ2n) is 4.84. The molecule has 1 aliphatic heterocycles. The predicted molar refractivity (Wildman–Crippen MR) is 63.8 cm³/mol. The minimum absolute atomic E-state index is 0.0176. The minimum Gasteiger partial charge on any atom is -0.496 e. The van der Waals surface area contributed by atoms with Gasteiger partial charge in [-0.2, -0.15) is 0 Å². The summed E-state index contributed by atoms with van der Waals surface area (Å²) in [4.78, 5) is 0. The molecular weight excluding hydrogens is 202 g/mol. The van der Waals surface area contributed by atoms with Crippen molar-refractivity contribution in [2.45, 2.75) is 25.4 Å². The van der Waals surface area contributed by atoms with Crippen molar-refractivity contribution in [1.29, 1.82) is 0 Å². The maximum absolute atomic E-state index is 5.63. The smallest absolute Gasteiger partial charge is 0.123 e. The van der Waals surface area contributed by atoms with Crippen LogP contribution in [0.2, 0.25) is 0 Å². The van der Waals surface area contributed by atoms with Gasteiger partial charge in [0.05, 0.1) is 26.4 Å². The van der Waals surface area contributed by atoms with Gasteiger partial charge in [-0.15, -0.1) is 0 Å². The molecule has 3 heteroatoms. The zero-order valence-corrected chi connectivity index (χ0v) is 10.1. The molecule has 1 atom stereocenters. The van der Waals surface area contributed by atoms with Gasteiger partial charge in [0.25, 0.3) is 0 Å². The van der Waals surface area contributed by atoms with E-state index in [9.17, 15) is 0 Å². The van der Waals surface area contributed by atoms with Crippen LogP contribution >= 0.6 is 0 Å². The highest BCUT2D eigenvalue weighted by Gasteiger charge is 2.29. The topological polar surface area (TPSA) is 30.5 Å². The molecule has 0 radical (unpaired) electrons. The second kappa shape index (κ2) is 4.44. The van der Waals surface area contributed by atoms with Gasteiger partial charge in [0.2, 0.25) is 0 Å². The Hall–Kier alpha value is -1.06. The van der Waals surface area contributed by atoms with E-state index in [-0.39, 0.29) is 11.6 Å². The molecule has 1 aliphatic rings. The monoisotopic (exact) mass is 221 g/mol. The summed E-state index contributed by atoms with van der Waals surface area (Å²) in [6.45, 7) is 5.74. The molecule has 1 fully saturated rings. The third-order valence-electron chi connectivity index (χ3n) is 2.83. The van der Waals surface area contributed by atoms with Gasteiger partial charge in [0.1, 0.15) is 5.75 Å². The molecule has 88 valence electrons. The number of benzene rings is 1. The maximum atomic E-state index is 5.63. The lowest BCUT2D eigenvalue weighted by molar-refractivity contribution is 0.0122. The number of para-hydroxylation sites is 1. The summed E-state index contributed by atoms with van der Waals surface area (Å²) in [7, 11) is 1.70. The van der Waals surface area contributed by atoms with Gasteiger partial charge in [-0.1, -0.05) is 18.2 Å². The number of ether oxygens (including phenoxy) is 2. The average molecular weight is 221 g/mol. The highest BCUT2D eigenvalue weighted by atomic mass is 16.5. The number of methoxy groups -OCH3 is 1. The fourth-order valence-corrected chi connectivity index (χ4v) is 2.11. The summed E-state index contributed by atoms with van der Waals surface area (Å²) < 4.78 is 11.0. The lowest BCUT2D eigenvalue weighted by atomic mass is 9.98. The fourth-order valence-electron chi connectivity index (χ4n) is 2.11. The van der Waals surface area contributed by atoms with E-state index in [1.807, 2.05) is 18.2 Å². The third kappa shape index (κ3) is 2.36. The molecule has 3 nitrogen and oxygen atoms in total. The fraction of sp³-hybridized carbons (Fsp3) is 0.538. The second-order valence-corrected chi connectivity index (χ2v) is 4.84. The van der Waals surface area contributed by atoms with E-state index in [0.29, 0.717) is 6.61 Å². The Balaban J connectivity index is 2.23. The van der Waals surface area contributed by atoms with E-state index in [1.54, 1.807) is 7.11 Å². The van der Waals surface area contributed by atoms with E-state index in [0.717, 1.165) is 17.9 Å². The van der Waals surface area contributed by atoms with Gasteiger partial charge in [-0.3, -0.25) is 0 Å². The molecule has 1 aromatic rings. The molecule has 1 N–H and O–H groups in total. The number of rotatable bonds is 2. The summed E-state index contributed by atoms with van der Waals surface area (Å²) in [5.74, 6) is 0.918. The molecule has 0 spiro atoms. The summed E-state index contributed by atoms with van der Waals surface area (Å²) in [5.41, 5.74) is 1.18. The molecule has 1 unspecified atom stereocenters. The van der Waals surface area contributed by atoms with Crippen molar-refractivity contribution in [3.8, 4) is 5.75 Å². The largest absolute Gasteiger partial charge is 0.496 e. The molecule has 1 aromatic carbocycles. The molecule has 16 heavy (non-hydrogen) atoms. The van der Waals surface area contributed by atoms with Crippen LogP contribution in [0.15, 0.2) is 24.3 Å². The van der Waals surface area contributed by atoms with Crippen LogP contribution < -0.4 is 10.1 Å². The molecule has 0 amide bonds. The number of hydrogen-bond donors (Lipinski definition) is 1. The SMILES string of the molecule is COc1ccccc1C1COCC(C)(C)N1. The molecule has 0 saturated carbocycles. The van der Waals surface area contributed by atoms with Crippen molar-refractivity contribution >= 4 is 0 Å². The van der Waals surface area contributed by atoms with Crippen molar-refractivity contribution in [2.75, 3.05) is 20.3 Å². The van der Waals surface area contributed by atoms with Gasteiger partial charge in [-0.05, 0) is 19.9 Å². The van der Waals surface area contributed by atoms with Gasteiger partial charge >= 0.3 is 0 Å². The van der Waals surface area contributed by atoms with Gasteiger partial charge in [0, 0.05) is 11.1 Å². The molecule has 0 bridgehead atoms. The van der Waals surface area contributed by atoms with Crippen LogP contribution in [0.4, 0.5) is 0 Å². The van der Waals surface area contributed by atoms with E-state index >= 15 is 0 Å². The highest BCUT2D eigenvalue weighted by Crippen LogP contribution is 2.29. The van der Waals surface area contributed by atoms with Crippen molar-refractivity contribution in [1.82, 2.24) is 5.32 Å². The summed E-state index contributed by atoms with van der Waals surface area (Å²) in [5, 5.41) is 3.58. The van der Waals surface area contributed by atoms with Gasteiger partial charge in [-0.25, -0.2) is 0 Å². The highest BCUT2D eigenvalue weighted by molar-refractivity contribution is 5.36. The van der Waals surface area contributed by atoms with Crippen molar-refractivity contribution in [2.24, 2.45) is 0 Å². The normalized spacial score (nSPS) is 24.1. The summed E-state index contributed by atoms with van der Waals surface area (Å²) in [6.07, 6.45) is 0. The number of morpholine rings is 1. The van der Waals surface area contributed by atoms with Gasteiger partial charge in [0.15, 0.2) is 0 Å². The first kappa shape index (κ1) is 11.4. The Kier molecular flexibility index (Phi) is 3.17. The molecule has 0 aromatic heterocycles. The lowest BCUT2D eigenvalue weighted by Gasteiger charge is -2.37. The Morgan fingerprint density at radius 2 is 2.12 bits per heavy atom. The van der Waals surface area contributed by atoms with Crippen LogP contribution in [-0.4, -0.2) is 25.9 Å². The molecule has 1 saturated heterocycles. The molecule has 0 aliphatic carbocycles. The van der Waals surface area contributed by atoms with Crippen molar-refractivity contribution in [3.05, 3.63) is 29.8 Å². The quantitative estimate of drug-likeness (QED) is 0.830. The Bertz CT molecular complexity index is 363. The van der Waals surface area contributed by atoms with Crippen LogP contribution in [0.5, 0.6) is 5.75 Å². The molecule has 1 heterocycles. The Morgan fingerprint density at radius 1 is 1.38 bits per heavy atom. The van der Waals surface area contributed by atoms with Crippen LogP contribution in [-0.2, 0) is 4.74 Å². The summed E-state index contributed by atoms with van der Waals surface area (Å²) in [6, 6.07) is 8.29. The van der Waals surface area contributed by atoms with E-state index < -0.39 is 0 Å². The van der Waals surface area contributed by atoms with Gasteiger partial charge < -0.3 is 14.8 Å². The Labute approximate surface area is 96.8 Å². The standard InChI is InChI=1S/C13H19NO2/c1-13(2)9-16-8-11(14-13)10-6-4-5-7-12(10)15-3/h4-7,11,14H,8-9H2,1-3H3. The average Bonchev–Trinajstić information content (AvgIpc) is 2.27. The maximum Gasteiger partial charge on any atom is 0.123 e. The number of nitrogens with one attached hydrogen (secondary N) is 1. The first-order valence-electron chi connectivity index (χ1n) is 5.61. The van der Waals surface area contributed by atoms with E-state index in [1.165, 1.54) is 0 Å². The number of hydrogen-bond acceptors (Lipinski definition) is 3. The lowest BCUT2D eigenvalue weighted by Crippen LogP contribution is -2.51. The van der Waals surface area contributed by atoms with Crippen LogP contribution in [0.1, 0.15) is 25.5 Å². The molecule has 2 rings (SSSR count). The zero-order valence-electron chi connectivity index (χ0n) is 10.1. The minimum atomic E-state index is 0.0176. The van der Waals surface area contributed by atoms with Crippen LogP contribution in [0, 0.1) is 0 Å². The first-order chi connectivity index (χ1) is 7.62. The summed E-state index contributed by atoms with van der Waals surface area (Å²) >= 11 is 0. The third-order valence-corrected chi connectivity index (χ3v) is 2.83. The van der Waals surface area contributed by atoms with Crippen molar-refractivity contribution in [3.63, 3.8) is 0 Å². The van der Waals surface area contributed by atoms with Crippen LogP contribution in [0.3, 0.4) is 0 Å². The first-order valence-corrected chi connectivity index (χ1v) is 5.61. The predicted octanol–water partition coefficient (Wildman–Crippen LogP) is 2.13. The Morgan fingerprint density at radius 3 is 2.81 bits per heavy atom. The van der Waals surface area contributed by atoms with E-state index in [4.69, 9.17) is 9.47 Å². The zero-order chi connectivity index (χ0) is 11.6. The van der Waals surface area contributed by atoms with Crippen LogP contribution in [0.25, 0.3) is 0 Å².